The van der Waals surface area contributed by atoms with Gasteiger partial charge >= 0.3 is 0 Å². The number of ketones is 2. The molecule has 0 saturated heterocycles. The summed E-state index contributed by atoms with van der Waals surface area (Å²) in [5.41, 5.74) is -0.362. The topological polar surface area (TPSA) is 124 Å². The lowest BCUT2D eigenvalue weighted by Crippen LogP contribution is -2.21. The highest BCUT2D eigenvalue weighted by Gasteiger charge is 2.34. The largest absolute Gasteiger partial charge is 0.299 e. The SMILES string of the molecule is CC(=O)C(C(=O)c1ccc(S(C)(=O)=O)cc1[N+](=O)[O-])c1nc(C)cs1. The third-order valence-electron chi connectivity index (χ3n) is 3.41. The van der Waals surface area contributed by atoms with E-state index in [9.17, 15) is 28.1 Å². The van der Waals surface area contributed by atoms with Crippen LogP contribution in [0.2, 0.25) is 0 Å². The zero-order valence-corrected chi connectivity index (χ0v) is 15.2. The van der Waals surface area contributed by atoms with Crippen LogP contribution in [0.15, 0.2) is 28.5 Å². The predicted molar refractivity (Wildman–Crippen MR) is 90.8 cm³/mol. The van der Waals surface area contributed by atoms with Crippen molar-refractivity contribution < 1.29 is 22.9 Å². The number of Topliss-reactive ketones (excluding diaryl/α,β-unsaturated/α-hetero) is 2. The zero-order valence-electron chi connectivity index (χ0n) is 13.5. The minimum atomic E-state index is -3.68. The lowest BCUT2D eigenvalue weighted by Gasteiger charge is -2.11. The molecule has 2 aromatic rings. The van der Waals surface area contributed by atoms with Gasteiger partial charge in [-0.15, -0.1) is 11.3 Å². The van der Waals surface area contributed by atoms with Gasteiger partial charge in [0.15, 0.2) is 15.6 Å². The Morgan fingerprint density at radius 3 is 2.40 bits per heavy atom. The number of aromatic nitrogens is 1. The first kappa shape index (κ1) is 18.9. The van der Waals surface area contributed by atoms with Crippen molar-refractivity contribution in [1.29, 1.82) is 0 Å². The summed E-state index contributed by atoms with van der Waals surface area (Å²) < 4.78 is 23.2. The second-order valence-electron chi connectivity index (χ2n) is 5.44. The number of hydrogen-bond donors (Lipinski definition) is 0. The van der Waals surface area contributed by atoms with Crippen molar-refractivity contribution >= 4 is 38.4 Å². The molecular weight excluding hydrogens is 368 g/mol. The summed E-state index contributed by atoms with van der Waals surface area (Å²) in [5.74, 6) is -2.55. The minimum absolute atomic E-state index is 0.247. The van der Waals surface area contributed by atoms with Crippen LogP contribution in [0.4, 0.5) is 5.69 Å². The first-order valence-corrected chi connectivity index (χ1v) is 9.74. The summed E-state index contributed by atoms with van der Waals surface area (Å²) >= 11 is 1.11. The van der Waals surface area contributed by atoms with Crippen molar-refractivity contribution in [1.82, 2.24) is 4.98 Å². The number of hydrogen-bond acceptors (Lipinski definition) is 8. The summed E-state index contributed by atoms with van der Waals surface area (Å²) in [7, 11) is -3.68. The van der Waals surface area contributed by atoms with Crippen LogP contribution < -0.4 is 0 Å². The highest BCUT2D eigenvalue weighted by atomic mass is 32.2. The lowest BCUT2D eigenvalue weighted by atomic mass is 9.94. The number of nitro benzene ring substituents is 1. The van der Waals surface area contributed by atoms with Crippen LogP contribution in [-0.2, 0) is 14.6 Å². The quantitative estimate of drug-likeness (QED) is 0.325. The number of carbonyl (C=O) groups excluding carboxylic acids is 2. The van der Waals surface area contributed by atoms with E-state index in [0.29, 0.717) is 5.69 Å². The number of nitrogens with zero attached hydrogens (tertiary/aromatic N) is 2. The van der Waals surface area contributed by atoms with Crippen molar-refractivity contribution in [3.8, 4) is 0 Å². The Morgan fingerprint density at radius 2 is 1.96 bits per heavy atom. The molecule has 1 heterocycles. The van der Waals surface area contributed by atoms with Crippen molar-refractivity contribution in [2.45, 2.75) is 24.7 Å². The normalized spacial score (nSPS) is 12.6. The van der Waals surface area contributed by atoms with Gasteiger partial charge in [-0.2, -0.15) is 0 Å². The second-order valence-corrected chi connectivity index (χ2v) is 8.35. The number of rotatable bonds is 6. The molecule has 0 aliphatic heterocycles. The molecule has 8 nitrogen and oxygen atoms in total. The molecular formula is C15H14N2O6S2. The molecule has 0 aliphatic carbocycles. The van der Waals surface area contributed by atoms with Gasteiger partial charge in [-0.1, -0.05) is 0 Å². The van der Waals surface area contributed by atoms with E-state index in [1.165, 1.54) is 6.92 Å². The Labute approximate surface area is 147 Å². The van der Waals surface area contributed by atoms with Gasteiger partial charge < -0.3 is 0 Å². The van der Waals surface area contributed by atoms with Crippen LogP contribution in [0.1, 0.15) is 33.9 Å². The van der Waals surface area contributed by atoms with E-state index in [-0.39, 0.29) is 15.5 Å². The fraction of sp³-hybridized carbons (Fsp3) is 0.267. The third kappa shape index (κ3) is 3.97. The van der Waals surface area contributed by atoms with E-state index < -0.39 is 37.9 Å². The van der Waals surface area contributed by atoms with E-state index in [1.54, 1.807) is 12.3 Å². The van der Waals surface area contributed by atoms with Crippen molar-refractivity contribution in [2.24, 2.45) is 0 Å². The molecule has 0 radical (unpaired) electrons. The first-order chi connectivity index (χ1) is 11.5. The van der Waals surface area contributed by atoms with Gasteiger partial charge in [0, 0.05) is 23.4 Å². The van der Waals surface area contributed by atoms with Crippen LogP contribution in [0.25, 0.3) is 0 Å². The Hall–Kier alpha value is -2.46. The monoisotopic (exact) mass is 382 g/mol. The molecule has 0 fully saturated rings. The highest BCUT2D eigenvalue weighted by molar-refractivity contribution is 7.90. The number of sulfone groups is 1. The number of thiazole rings is 1. The fourth-order valence-corrected chi connectivity index (χ4v) is 3.82. The van der Waals surface area contributed by atoms with E-state index in [1.807, 2.05) is 0 Å². The number of benzene rings is 1. The van der Waals surface area contributed by atoms with Gasteiger partial charge in [-0.3, -0.25) is 19.7 Å². The minimum Gasteiger partial charge on any atom is -0.299 e. The predicted octanol–water partition coefficient (Wildman–Crippen LogP) is 2.32. The maximum atomic E-state index is 12.8. The van der Waals surface area contributed by atoms with E-state index >= 15 is 0 Å². The molecule has 2 rings (SSSR count). The smallest absolute Gasteiger partial charge is 0.281 e. The number of aryl methyl sites for hydroxylation is 1. The standard InChI is InChI=1S/C15H14N2O6S2/c1-8-7-24-15(16-8)13(9(2)18)14(19)11-5-4-10(25(3,22)23)6-12(11)17(20)21/h4-7,13H,1-3H3. The molecule has 0 saturated carbocycles. The summed E-state index contributed by atoms with van der Waals surface area (Å²) in [4.78, 5) is 39.0. The Bertz CT molecular complexity index is 978. The molecule has 1 aromatic heterocycles. The number of nitro groups is 1. The molecule has 0 amide bonds. The molecule has 0 N–H and O–H groups in total. The summed E-state index contributed by atoms with van der Waals surface area (Å²) in [6.45, 7) is 2.90. The van der Waals surface area contributed by atoms with Gasteiger partial charge in [0.2, 0.25) is 0 Å². The lowest BCUT2D eigenvalue weighted by molar-refractivity contribution is -0.385. The van der Waals surface area contributed by atoms with Gasteiger partial charge in [0.1, 0.15) is 16.7 Å². The molecule has 25 heavy (non-hydrogen) atoms. The Balaban J connectivity index is 2.60. The second kappa shape index (κ2) is 6.81. The molecule has 0 aliphatic rings. The average Bonchev–Trinajstić information content (AvgIpc) is 2.91. The maximum Gasteiger partial charge on any atom is 0.281 e. The Morgan fingerprint density at radius 1 is 1.32 bits per heavy atom. The average molecular weight is 382 g/mol. The van der Waals surface area contributed by atoms with Crippen LogP contribution in [0.5, 0.6) is 0 Å². The summed E-state index contributed by atoms with van der Waals surface area (Å²) in [5, 5.41) is 13.2. The molecule has 0 bridgehead atoms. The zero-order chi connectivity index (χ0) is 18.9. The fourth-order valence-electron chi connectivity index (χ4n) is 2.23. The van der Waals surface area contributed by atoms with Crippen molar-refractivity contribution in [3.63, 3.8) is 0 Å². The highest BCUT2D eigenvalue weighted by Crippen LogP contribution is 2.30. The molecule has 1 aromatic carbocycles. The molecule has 132 valence electrons. The van der Waals surface area contributed by atoms with E-state index in [2.05, 4.69) is 4.98 Å². The van der Waals surface area contributed by atoms with Gasteiger partial charge in [0.25, 0.3) is 5.69 Å². The van der Waals surface area contributed by atoms with Crippen LogP contribution in [0, 0.1) is 17.0 Å². The van der Waals surface area contributed by atoms with Crippen molar-refractivity contribution in [3.05, 3.63) is 50.0 Å². The maximum absolute atomic E-state index is 12.8. The van der Waals surface area contributed by atoms with Crippen LogP contribution >= 0.6 is 11.3 Å². The van der Waals surface area contributed by atoms with Gasteiger partial charge in [-0.05, 0) is 26.0 Å². The number of carbonyl (C=O) groups is 2. The van der Waals surface area contributed by atoms with E-state index in [4.69, 9.17) is 0 Å². The third-order valence-corrected chi connectivity index (χ3v) is 5.55. The van der Waals surface area contributed by atoms with Gasteiger partial charge in [-0.25, -0.2) is 13.4 Å². The molecule has 1 unspecified atom stereocenters. The summed E-state index contributed by atoms with van der Waals surface area (Å²) in [6, 6.07) is 3.00. The van der Waals surface area contributed by atoms with E-state index in [0.717, 1.165) is 35.8 Å². The summed E-state index contributed by atoms with van der Waals surface area (Å²) in [6.07, 6.45) is 0.907. The van der Waals surface area contributed by atoms with Gasteiger partial charge in [0.05, 0.1) is 15.4 Å². The molecule has 1 atom stereocenters. The van der Waals surface area contributed by atoms with Crippen molar-refractivity contribution in [2.75, 3.05) is 6.26 Å². The van der Waals surface area contributed by atoms with Crippen LogP contribution in [0.3, 0.4) is 0 Å². The van der Waals surface area contributed by atoms with Crippen LogP contribution in [-0.4, -0.2) is 36.1 Å². The first-order valence-electron chi connectivity index (χ1n) is 6.97. The molecule has 10 heteroatoms. The Kier molecular flexibility index (Phi) is 5.14. The molecule has 0 spiro atoms.